The van der Waals surface area contributed by atoms with E-state index in [1.54, 1.807) is 0 Å². The maximum atomic E-state index is 13.8. The van der Waals surface area contributed by atoms with Crippen molar-refractivity contribution in [2.24, 2.45) is 0 Å². The second-order valence-corrected chi connectivity index (χ2v) is 4.35. The highest BCUT2D eigenvalue weighted by Crippen LogP contribution is 2.31. The largest absolute Gasteiger partial charge is 0.451 e. The van der Waals surface area contributed by atoms with Crippen LogP contribution in [-0.4, -0.2) is 10.0 Å². The van der Waals surface area contributed by atoms with Crippen molar-refractivity contribution in [3.8, 4) is 11.5 Å². The van der Waals surface area contributed by atoms with Gasteiger partial charge in [-0.15, -0.1) is 0 Å². The standard InChI is InChI=1S/C14H11F2NO4/c1-8-4-14(11(16)6-12(8)17(19)20)21-13-3-2-9(7-18)5-10(13)15/h2-6,18H,7H2,1H3. The van der Waals surface area contributed by atoms with Crippen LogP contribution in [0.3, 0.4) is 0 Å². The number of nitro groups is 1. The third-order valence-electron chi connectivity index (χ3n) is 2.85. The Bertz CT molecular complexity index is 704. The number of nitro benzene ring substituents is 1. The van der Waals surface area contributed by atoms with E-state index in [9.17, 15) is 18.9 Å². The lowest BCUT2D eigenvalue weighted by Gasteiger charge is -2.09. The van der Waals surface area contributed by atoms with Crippen molar-refractivity contribution in [2.45, 2.75) is 13.5 Å². The Morgan fingerprint density at radius 2 is 1.86 bits per heavy atom. The number of ether oxygens (including phenoxy) is 1. The van der Waals surface area contributed by atoms with Crippen molar-refractivity contribution in [3.63, 3.8) is 0 Å². The van der Waals surface area contributed by atoms with Crippen molar-refractivity contribution < 1.29 is 23.5 Å². The molecule has 0 aliphatic rings. The van der Waals surface area contributed by atoms with Crippen molar-refractivity contribution >= 4 is 5.69 Å². The monoisotopic (exact) mass is 295 g/mol. The van der Waals surface area contributed by atoms with Crippen molar-refractivity contribution in [1.82, 2.24) is 0 Å². The second kappa shape index (κ2) is 5.84. The van der Waals surface area contributed by atoms with Gasteiger partial charge in [0.05, 0.1) is 17.6 Å². The van der Waals surface area contributed by atoms with E-state index < -0.39 is 16.6 Å². The summed E-state index contributed by atoms with van der Waals surface area (Å²) in [6.07, 6.45) is 0. The Hall–Kier alpha value is -2.54. The van der Waals surface area contributed by atoms with Gasteiger partial charge in [-0.3, -0.25) is 10.1 Å². The van der Waals surface area contributed by atoms with Crippen LogP contribution in [0.15, 0.2) is 30.3 Å². The van der Waals surface area contributed by atoms with E-state index in [-0.39, 0.29) is 29.4 Å². The molecule has 0 amide bonds. The first-order valence-electron chi connectivity index (χ1n) is 5.94. The summed E-state index contributed by atoms with van der Waals surface area (Å²) in [5.41, 5.74) is 0.167. The predicted molar refractivity (Wildman–Crippen MR) is 70.2 cm³/mol. The highest BCUT2D eigenvalue weighted by atomic mass is 19.1. The number of hydrogen-bond acceptors (Lipinski definition) is 4. The molecule has 0 radical (unpaired) electrons. The maximum Gasteiger partial charge on any atom is 0.275 e. The molecule has 0 bridgehead atoms. The maximum absolute atomic E-state index is 13.8. The number of aliphatic hydroxyl groups excluding tert-OH is 1. The van der Waals surface area contributed by atoms with Crippen LogP contribution < -0.4 is 4.74 Å². The minimum Gasteiger partial charge on any atom is -0.451 e. The van der Waals surface area contributed by atoms with E-state index in [4.69, 9.17) is 9.84 Å². The summed E-state index contributed by atoms with van der Waals surface area (Å²) < 4.78 is 32.6. The van der Waals surface area contributed by atoms with Gasteiger partial charge in [0.25, 0.3) is 5.69 Å². The average Bonchev–Trinajstić information content (AvgIpc) is 2.44. The molecule has 0 heterocycles. The molecule has 2 aromatic rings. The molecule has 5 nitrogen and oxygen atoms in total. The summed E-state index contributed by atoms with van der Waals surface area (Å²) in [4.78, 5) is 9.97. The van der Waals surface area contributed by atoms with Gasteiger partial charge >= 0.3 is 0 Å². The normalized spacial score (nSPS) is 10.5. The van der Waals surface area contributed by atoms with Crippen LogP contribution in [0.1, 0.15) is 11.1 Å². The van der Waals surface area contributed by atoms with Crippen molar-refractivity contribution in [2.75, 3.05) is 0 Å². The van der Waals surface area contributed by atoms with Gasteiger partial charge in [0.15, 0.2) is 23.1 Å². The summed E-state index contributed by atoms with van der Waals surface area (Å²) in [5, 5.41) is 19.6. The van der Waals surface area contributed by atoms with Gasteiger partial charge < -0.3 is 9.84 Å². The second-order valence-electron chi connectivity index (χ2n) is 4.35. The van der Waals surface area contributed by atoms with Crippen LogP contribution in [0, 0.1) is 28.7 Å². The van der Waals surface area contributed by atoms with E-state index in [0.29, 0.717) is 5.56 Å². The Morgan fingerprint density at radius 1 is 1.19 bits per heavy atom. The van der Waals surface area contributed by atoms with Gasteiger partial charge in [0.2, 0.25) is 0 Å². The first-order chi connectivity index (χ1) is 9.92. The molecule has 7 heteroatoms. The zero-order valence-corrected chi connectivity index (χ0v) is 11.0. The Kier molecular flexibility index (Phi) is 4.13. The first-order valence-corrected chi connectivity index (χ1v) is 5.94. The predicted octanol–water partition coefficient (Wildman–Crippen LogP) is 3.47. The van der Waals surface area contributed by atoms with Gasteiger partial charge in [-0.05, 0) is 30.7 Å². The zero-order chi connectivity index (χ0) is 15.6. The molecule has 0 aliphatic carbocycles. The highest BCUT2D eigenvalue weighted by molar-refractivity contribution is 5.47. The number of aliphatic hydroxyl groups is 1. The minimum absolute atomic E-state index is 0.198. The molecule has 0 aromatic heterocycles. The molecule has 110 valence electrons. The lowest BCUT2D eigenvalue weighted by Crippen LogP contribution is -1.97. The molecule has 1 N–H and O–H groups in total. The lowest BCUT2D eigenvalue weighted by atomic mass is 10.2. The summed E-state index contributed by atoms with van der Waals surface area (Å²) in [6.45, 7) is 1.10. The minimum atomic E-state index is -0.960. The molecular weight excluding hydrogens is 284 g/mol. The van der Waals surface area contributed by atoms with Crippen molar-refractivity contribution in [3.05, 3.63) is 63.2 Å². The first kappa shape index (κ1) is 14.9. The molecule has 0 saturated carbocycles. The number of aryl methyl sites for hydroxylation is 1. The number of benzene rings is 2. The summed E-state index contributed by atoms with van der Waals surface area (Å²) in [6, 6.07) is 5.59. The van der Waals surface area contributed by atoms with Crippen LogP contribution in [0.4, 0.5) is 14.5 Å². The Labute approximate surface area is 118 Å². The van der Waals surface area contributed by atoms with Gasteiger partial charge in [-0.2, -0.15) is 0 Å². The number of halogens is 2. The molecule has 0 spiro atoms. The molecule has 0 saturated heterocycles. The van der Waals surface area contributed by atoms with Crippen LogP contribution >= 0.6 is 0 Å². The van der Waals surface area contributed by atoms with Crippen LogP contribution in [0.5, 0.6) is 11.5 Å². The Balaban J connectivity index is 2.36. The average molecular weight is 295 g/mol. The topological polar surface area (TPSA) is 72.6 Å². The molecule has 2 rings (SSSR count). The summed E-state index contributed by atoms with van der Waals surface area (Å²) >= 11 is 0. The lowest BCUT2D eigenvalue weighted by molar-refractivity contribution is -0.385. The molecule has 0 atom stereocenters. The molecule has 21 heavy (non-hydrogen) atoms. The van der Waals surface area contributed by atoms with Crippen molar-refractivity contribution in [1.29, 1.82) is 0 Å². The van der Waals surface area contributed by atoms with E-state index in [1.807, 2.05) is 0 Å². The smallest absolute Gasteiger partial charge is 0.275 e. The van der Waals surface area contributed by atoms with Gasteiger partial charge in [-0.25, -0.2) is 8.78 Å². The number of rotatable bonds is 4. The number of hydrogen-bond donors (Lipinski definition) is 1. The van der Waals surface area contributed by atoms with Gasteiger partial charge in [0, 0.05) is 5.56 Å². The third-order valence-corrected chi connectivity index (χ3v) is 2.85. The SMILES string of the molecule is Cc1cc(Oc2ccc(CO)cc2F)c(F)cc1[N+](=O)[O-]. The fraction of sp³-hybridized carbons (Fsp3) is 0.143. The van der Waals surface area contributed by atoms with E-state index in [1.165, 1.54) is 19.1 Å². The summed E-state index contributed by atoms with van der Waals surface area (Å²) in [7, 11) is 0. The van der Waals surface area contributed by atoms with Gasteiger partial charge in [0.1, 0.15) is 0 Å². The van der Waals surface area contributed by atoms with Gasteiger partial charge in [-0.1, -0.05) is 6.07 Å². The highest BCUT2D eigenvalue weighted by Gasteiger charge is 2.17. The fourth-order valence-corrected chi connectivity index (χ4v) is 1.76. The van der Waals surface area contributed by atoms with E-state index in [0.717, 1.165) is 18.2 Å². The number of nitrogens with zero attached hydrogens (tertiary/aromatic N) is 1. The van der Waals surface area contributed by atoms with E-state index in [2.05, 4.69) is 0 Å². The van der Waals surface area contributed by atoms with Crippen LogP contribution in [0.25, 0.3) is 0 Å². The third kappa shape index (κ3) is 3.14. The molecule has 0 unspecified atom stereocenters. The quantitative estimate of drug-likeness (QED) is 0.692. The molecule has 0 fully saturated rings. The fourth-order valence-electron chi connectivity index (χ4n) is 1.76. The molecule has 2 aromatic carbocycles. The summed E-state index contributed by atoms with van der Waals surface area (Å²) in [5.74, 6) is -2.28. The molecular formula is C14H11F2NO4. The Morgan fingerprint density at radius 3 is 2.43 bits per heavy atom. The van der Waals surface area contributed by atoms with Crippen LogP contribution in [0.2, 0.25) is 0 Å². The molecule has 0 aliphatic heterocycles. The van der Waals surface area contributed by atoms with Crippen LogP contribution in [-0.2, 0) is 6.61 Å². The zero-order valence-electron chi connectivity index (χ0n) is 11.0. The van der Waals surface area contributed by atoms with E-state index >= 15 is 0 Å².